The van der Waals surface area contributed by atoms with Gasteiger partial charge in [0.1, 0.15) is 17.2 Å². The fraction of sp³-hybridized carbons (Fsp3) is 0.409. The second-order valence-electron chi connectivity index (χ2n) is 8.02. The number of aryl methyl sites for hydroxylation is 1. The van der Waals surface area contributed by atoms with Crippen molar-refractivity contribution in [1.29, 1.82) is 0 Å². The van der Waals surface area contributed by atoms with Gasteiger partial charge in [-0.05, 0) is 37.5 Å². The number of rotatable bonds is 5. The van der Waals surface area contributed by atoms with Crippen LogP contribution in [0.1, 0.15) is 35.8 Å². The van der Waals surface area contributed by atoms with E-state index in [0.29, 0.717) is 30.4 Å². The van der Waals surface area contributed by atoms with Gasteiger partial charge < -0.3 is 9.80 Å². The highest BCUT2D eigenvalue weighted by Crippen LogP contribution is 2.34. The Bertz CT molecular complexity index is 1070. The summed E-state index contributed by atoms with van der Waals surface area (Å²) in [4.78, 5) is 25.9. The molecular weight excluding hydrogens is 399 g/mol. The molecule has 8 nitrogen and oxygen atoms in total. The van der Waals surface area contributed by atoms with Crippen molar-refractivity contribution >= 4 is 11.9 Å². The predicted molar refractivity (Wildman–Crippen MR) is 113 cm³/mol. The number of likely N-dealkylation sites (tertiary alicyclic amines) is 1. The number of aromatic nitrogens is 4. The summed E-state index contributed by atoms with van der Waals surface area (Å²) in [7, 11) is 3.78. The third-order valence-electron chi connectivity index (χ3n) is 5.59. The maximum Gasteiger partial charge on any atom is 0.228 e. The smallest absolute Gasteiger partial charge is 0.228 e. The Morgan fingerprint density at radius 3 is 2.71 bits per heavy atom. The number of hydrogen-bond acceptors (Lipinski definition) is 7. The lowest BCUT2D eigenvalue weighted by molar-refractivity contribution is -0.131. The molecule has 0 saturated carbocycles. The maximum absolute atomic E-state index is 13.5. The van der Waals surface area contributed by atoms with Crippen molar-refractivity contribution < 1.29 is 13.8 Å². The summed E-state index contributed by atoms with van der Waals surface area (Å²) in [6.45, 7) is 3.02. The van der Waals surface area contributed by atoms with Crippen LogP contribution in [0.2, 0.25) is 0 Å². The van der Waals surface area contributed by atoms with Crippen molar-refractivity contribution in [2.75, 3.05) is 32.1 Å². The highest BCUT2D eigenvalue weighted by Gasteiger charge is 2.29. The van der Waals surface area contributed by atoms with E-state index in [4.69, 9.17) is 9.61 Å². The highest BCUT2D eigenvalue weighted by molar-refractivity contribution is 5.78. The predicted octanol–water partition coefficient (Wildman–Crippen LogP) is 2.99. The van der Waals surface area contributed by atoms with Crippen LogP contribution >= 0.6 is 0 Å². The Labute approximate surface area is 180 Å². The largest absolute Gasteiger partial charge is 0.347 e. The molecule has 162 valence electrons. The molecule has 0 spiro atoms. The zero-order valence-corrected chi connectivity index (χ0v) is 17.9. The van der Waals surface area contributed by atoms with Crippen LogP contribution in [0.4, 0.5) is 10.3 Å². The molecule has 1 aliphatic rings. The maximum atomic E-state index is 13.5. The molecule has 2 aromatic heterocycles. The number of amides is 1. The second kappa shape index (κ2) is 8.79. The molecule has 0 aliphatic carbocycles. The van der Waals surface area contributed by atoms with E-state index in [1.165, 1.54) is 12.1 Å². The van der Waals surface area contributed by atoms with Crippen LogP contribution in [0.15, 0.2) is 35.1 Å². The van der Waals surface area contributed by atoms with Crippen LogP contribution < -0.4 is 4.90 Å². The lowest BCUT2D eigenvalue weighted by Crippen LogP contribution is -2.40. The Kier molecular flexibility index (Phi) is 5.92. The van der Waals surface area contributed by atoms with Gasteiger partial charge in [0.05, 0.1) is 12.1 Å². The molecule has 0 N–H and O–H groups in total. The minimum atomic E-state index is -0.289. The molecule has 31 heavy (non-hydrogen) atoms. The number of piperidine rings is 1. The summed E-state index contributed by atoms with van der Waals surface area (Å²) >= 11 is 0. The Balaban J connectivity index is 1.62. The SMILES string of the molecule is Cc1nonc1CC(=O)N1CCC[C@@H](c2nc(N(C)C)ncc2-c2ccc(F)cc2)C1. The fourth-order valence-corrected chi connectivity index (χ4v) is 3.86. The van der Waals surface area contributed by atoms with E-state index in [9.17, 15) is 9.18 Å². The molecule has 3 heterocycles. The van der Waals surface area contributed by atoms with Crippen LogP contribution in [0.5, 0.6) is 0 Å². The standard InChI is InChI=1S/C22H25FN6O2/c1-14-19(27-31-26-14)11-20(30)29-10-4-5-16(13-29)21-18(12-24-22(25-21)28(2)3)15-6-8-17(23)9-7-15/h6-9,12,16H,4-5,10-11,13H2,1-3H3/t16-/m1/s1. The van der Waals surface area contributed by atoms with E-state index in [1.54, 1.807) is 25.3 Å². The van der Waals surface area contributed by atoms with E-state index < -0.39 is 0 Å². The highest BCUT2D eigenvalue weighted by atomic mass is 19.1. The van der Waals surface area contributed by atoms with Crippen molar-refractivity contribution in [2.24, 2.45) is 0 Å². The summed E-state index contributed by atoms with van der Waals surface area (Å²) in [5.74, 6) is 0.363. The minimum Gasteiger partial charge on any atom is -0.347 e. The average molecular weight is 424 g/mol. The zero-order valence-electron chi connectivity index (χ0n) is 17.9. The Morgan fingerprint density at radius 1 is 1.26 bits per heavy atom. The molecule has 0 radical (unpaired) electrons. The Hall–Kier alpha value is -3.36. The van der Waals surface area contributed by atoms with Crippen LogP contribution in [0, 0.1) is 12.7 Å². The monoisotopic (exact) mass is 424 g/mol. The molecule has 0 unspecified atom stereocenters. The van der Waals surface area contributed by atoms with Crippen molar-refractivity contribution in [3.8, 4) is 11.1 Å². The van der Waals surface area contributed by atoms with Crippen molar-refractivity contribution in [3.05, 3.63) is 53.4 Å². The van der Waals surface area contributed by atoms with Crippen LogP contribution in [0.3, 0.4) is 0 Å². The van der Waals surface area contributed by atoms with E-state index >= 15 is 0 Å². The lowest BCUT2D eigenvalue weighted by atomic mass is 9.89. The topological polar surface area (TPSA) is 88.2 Å². The van der Waals surface area contributed by atoms with Gasteiger partial charge in [0.15, 0.2) is 0 Å². The summed E-state index contributed by atoms with van der Waals surface area (Å²) in [5, 5.41) is 7.58. The number of anilines is 1. The molecule has 1 aromatic carbocycles. The minimum absolute atomic E-state index is 0.00581. The van der Waals surface area contributed by atoms with Crippen molar-refractivity contribution in [2.45, 2.75) is 32.1 Å². The summed E-state index contributed by atoms with van der Waals surface area (Å²) in [5.41, 5.74) is 3.79. The van der Waals surface area contributed by atoms with E-state index in [1.807, 2.05) is 23.9 Å². The van der Waals surface area contributed by atoms with Crippen molar-refractivity contribution in [3.63, 3.8) is 0 Å². The van der Waals surface area contributed by atoms with Crippen LogP contribution in [-0.2, 0) is 11.2 Å². The van der Waals surface area contributed by atoms with E-state index in [-0.39, 0.29) is 24.1 Å². The first kappa shape index (κ1) is 20.9. The summed E-state index contributed by atoms with van der Waals surface area (Å²) in [6.07, 6.45) is 3.73. The number of halogens is 1. The van der Waals surface area contributed by atoms with Gasteiger partial charge in [-0.1, -0.05) is 22.4 Å². The summed E-state index contributed by atoms with van der Waals surface area (Å²) < 4.78 is 18.2. The molecule has 1 saturated heterocycles. The average Bonchev–Trinajstić information content (AvgIpc) is 3.18. The van der Waals surface area contributed by atoms with Crippen LogP contribution in [-0.4, -0.2) is 58.3 Å². The first-order valence-corrected chi connectivity index (χ1v) is 10.3. The van der Waals surface area contributed by atoms with Gasteiger partial charge in [0.2, 0.25) is 11.9 Å². The normalized spacial score (nSPS) is 16.4. The van der Waals surface area contributed by atoms with Gasteiger partial charge in [0, 0.05) is 44.9 Å². The van der Waals surface area contributed by atoms with E-state index in [2.05, 4.69) is 15.3 Å². The quantitative estimate of drug-likeness (QED) is 0.622. The molecule has 1 fully saturated rings. The second-order valence-corrected chi connectivity index (χ2v) is 8.02. The zero-order chi connectivity index (χ0) is 22.0. The van der Waals surface area contributed by atoms with Gasteiger partial charge >= 0.3 is 0 Å². The number of carbonyl (C=O) groups is 1. The van der Waals surface area contributed by atoms with Gasteiger partial charge in [-0.25, -0.2) is 19.0 Å². The molecule has 4 rings (SSSR count). The molecule has 1 atom stereocenters. The molecule has 0 bridgehead atoms. The van der Waals surface area contributed by atoms with E-state index in [0.717, 1.165) is 29.7 Å². The number of carbonyl (C=O) groups excluding carboxylic acids is 1. The summed E-state index contributed by atoms with van der Waals surface area (Å²) in [6, 6.07) is 6.34. The van der Waals surface area contributed by atoms with Gasteiger partial charge in [-0.2, -0.15) is 0 Å². The Morgan fingerprint density at radius 2 is 2.03 bits per heavy atom. The van der Waals surface area contributed by atoms with Crippen molar-refractivity contribution in [1.82, 2.24) is 25.2 Å². The number of nitrogens with zero attached hydrogens (tertiary/aromatic N) is 6. The fourth-order valence-electron chi connectivity index (χ4n) is 3.86. The molecular formula is C22H25FN6O2. The first-order valence-electron chi connectivity index (χ1n) is 10.3. The third-order valence-corrected chi connectivity index (χ3v) is 5.59. The van der Waals surface area contributed by atoms with Gasteiger partial charge in [-0.3, -0.25) is 4.79 Å². The molecule has 1 amide bonds. The molecule has 3 aromatic rings. The molecule has 1 aliphatic heterocycles. The van der Waals surface area contributed by atoms with Gasteiger partial charge in [0.25, 0.3) is 0 Å². The number of hydrogen-bond donors (Lipinski definition) is 0. The first-order chi connectivity index (χ1) is 14.9. The number of benzene rings is 1. The third kappa shape index (κ3) is 4.55. The van der Waals surface area contributed by atoms with Crippen LogP contribution in [0.25, 0.3) is 11.1 Å². The lowest BCUT2D eigenvalue weighted by Gasteiger charge is -2.33. The van der Waals surface area contributed by atoms with Gasteiger partial charge in [-0.15, -0.1) is 0 Å². The molecule has 9 heteroatoms.